The van der Waals surface area contributed by atoms with Crippen molar-refractivity contribution in [1.82, 2.24) is 10.2 Å². The number of hydrogen-bond acceptors (Lipinski definition) is 3. The van der Waals surface area contributed by atoms with Crippen LogP contribution in [-0.4, -0.2) is 24.8 Å². The first-order valence-corrected chi connectivity index (χ1v) is 11.4. The third-order valence-corrected chi connectivity index (χ3v) is 6.58. The van der Waals surface area contributed by atoms with Crippen molar-refractivity contribution in [2.45, 2.75) is 55.4 Å². The minimum atomic E-state index is -0.136. The minimum absolute atomic E-state index is 0.136. The zero-order valence-electron chi connectivity index (χ0n) is 20.9. The molecule has 0 spiro atoms. The lowest BCUT2D eigenvalue weighted by Gasteiger charge is -2.21. The molecule has 33 heavy (non-hydrogen) atoms. The van der Waals surface area contributed by atoms with Crippen molar-refractivity contribution >= 4 is 36.7 Å². The SMILES string of the molecule is [B]c1c(C)cc(-c2nnc(B(c3c(C)cc(C)cc3C)c3c(C)cc(C)cc3C)o2)cc1C. The average Bonchev–Trinajstić information content (AvgIpc) is 3.19. The van der Waals surface area contributed by atoms with Crippen LogP contribution in [0, 0.1) is 55.4 Å². The van der Waals surface area contributed by atoms with Crippen LogP contribution < -0.4 is 22.2 Å². The lowest BCUT2D eigenvalue weighted by Crippen LogP contribution is -2.56. The highest BCUT2D eigenvalue weighted by molar-refractivity contribution is 6.95. The Balaban J connectivity index is 1.95. The Morgan fingerprint density at radius 2 is 1.03 bits per heavy atom. The molecule has 5 heteroatoms. The normalized spacial score (nSPS) is 11.2. The van der Waals surface area contributed by atoms with Crippen LogP contribution in [0.4, 0.5) is 0 Å². The van der Waals surface area contributed by atoms with E-state index < -0.39 is 0 Å². The zero-order chi connectivity index (χ0) is 24.0. The van der Waals surface area contributed by atoms with E-state index >= 15 is 0 Å². The quantitative estimate of drug-likeness (QED) is 0.464. The first-order valence-electron chi connectivity index (χ1n) is 11.4. The molecule has 0 fully saturated rings. The smallest absolute Gasteiger partial charge is 0.316 e. The van der Waals surface area contributed by atoms with Gasteiger partial charge in [-0.1, -0.05) is 85.2 Å². The van der Waals surface area contributed by atoms with Crippen molar-refractivity contribution in [1.29, 1.82) is 0 Å². The lowest BCUT2D eigenvalue weighted by atomic mass is 9.37. The molecule has 4 aromatic rings. The summed E-state index contributed by atoms with van der Waals surface area (Å²) >= 11 is 0. The van der Waals surface area contributed by atoms with Crippen LogP contribution in [0.1, 0.15) is 44.5 Å². The van der Waals surface area contributed by atoms with Gasteiger partial charge in [0, 0.05) is 5.56 Å². The Morgan fingerprint density at radius 1 is 0.606 bits per heavy atom. The van der Waals surface area contributed by atoms with E-state index in [1.54, 1.807) is 0 Å². The maximum atomic E-state index is 6.41. The fourth-order valence-corrected chi connectivity index (χ4v) is 5.25. The summed E-state index contributed by atoms with van der Waals surface area (Å²) in [6.45, 7) is 16.8. The van der Waals surface area contributed by atoms with Crippen molar-refractivity contribution in [3.63, 3.8) is 0 Å². The van der Waals surface area contributed by atoms with Gasteiger partial charge in [0.15, 0.2) is 5.79 Å². The Bertz CT molecular complexity index is 1240. The van der Waals surface area contributed by atoms with E-state index in [9.17, 15) is 0 Å². The zero-order valence-corrected chi connectivity index (χ0v) is 20.9. The van der Waals surface area contributed by atoms with Crippen LogP contribution in [0.15, 0.2) is 40.8 Å². The summed E-state index contributed by atoms with van der Waals surface area (Å²) in [6, 6.07) is 13.0. The predicted molar refractivity (Wildman–Crippen MR) is 141 cm³/mol. The highest BCUT2D eigenvalue weighted by Crippen LogP contribution is 2.19. The molecule has 0 aliphatic heterocycles. The second-order valence-electron chi connectivity index (χ2n) is 9.53. The summed E-state index contributed by atoms with van der Waals surface area (Å²) in [5, 5.41) is 9.06. The first kappa shape index (κ1) is 23.1. The summed E-state index contributed by atoms with van der Waals surface area (Å²) in [4.78, 5) is 0. The number of aryl methyl sites for hydroxylation is 8. The van der Waals surface area contributed by atoms with Gasteiger partial charge < -0.3 is 4.42 Å². The number of nitrogens with zero attached hydrogens (tertiary/aromatic N) is 2. The molecule has 0 atom stereocenters. The van der Waals surface area contributed by atoms with E-state index in [4.69, 9.17) is 12.3 Å². The molecule has 0 aliphatic carbocycles. The molecule has 0 aliphatic rings. The Hall–Kier alpha value is -3.07. The van der Waals surface area contributed by atoms with Gasteiger partial charge in [0.05, 0.1) is 0 Å². The number of benzene rings is 3. The highest BCUT2D eigenvalue weighted by Gasteiger charge is 2.33. The summed E-state index contributed by atoms with van der Waals surface area (Å²) in [7, 11) is 6.16. The molecular weight excluding hydrogens is 402 g/mol. The van der Waals surface area contributed by atoms with Crippen molar-refractivity contribution < 1.29 is 4.42 Å². The third kappa shape index (κ3) is 4.29. The molecule has 1 aromatic heterocycles. The molecule has 1 heterocycles. The Morgan fingerprint density at radius 3 is 1.45 bits per heavy atom. The van der Waals surface area contributed by atoms with Crippen molar-refractivity contribution in [3.05, 3.63) is 80.9 Å². The Kier molecular flexibility index (Phi) is 6.09. The number of rotatable bonds is 4. The van der Waals surface area contributed by atoms with Gasteiger partial charge in [-0.3, -0.25) is 0 Å². The molecule has 2 radical (unpaired) electrons. The van der Waals surface area contributed by atoms with E-state index in [-0.39, 0.29) is 6.71 Å². The molecule has 0 saturated heterocycles. The third-order valence-electron chi connectivity index (χ3n) is 6.58. The van der Waals surface area contributed by atoms with Gasteiger partial charge in [-0.25, -0.2) is 0 Å². The minimum Gasteiger partial charge on any atom is -0.430 e. The van der Waals surface area contributed by atoms with Crippen molar-refractivity contribution in [2.24, 2.45) is 0 Å². The van der Waals surface area contributed by atoms with Crippen LogP contribution >= 0.6 is 0 Å². The fourth-order valence-electron chi connectivity index (χ4n) is 5.25. The summed E-state index contributed by atoms with van der Waals surface area (Å²) in [5.74, 6) is 1.13. The van der Waals surface area contributed by atoms with Gasteiger partial charge >= 0.3 is 6.71 Å². The van der Waals surface area contributed by atoms with Crippen molar-refractivity contribution in [2.75, 3.05) is 0 Å². The van der Waals surface area contributed by atoms with Crippen LogP contribution in [-0.2, 0) is 0 Å². The molecule has 0 saturated carbocycles. The van der Waals surface area contributed by atoms with Crippen molar-refractivity contribution in [3.8, 4) is 11.5 Å². The van der Waals surface area contributed by atoms with Crippen LogP contribution in [0.2, 0.25) is 0 Å². The second-order valence-corrected chi connectivity index (χ2v) is 9.53. The van der Waals surface area contributed by atoms with Crippen LogP contribution in [0.5, 0.6) is 0 Å². The molecule has 164 valence electrons. The number of aromatic nitrogens is 2. The molecular formula is C28H30B2N2O. The second kappa shape index (κ2) is 8.70. The van der Waals surface area contributed by atoms with E-state index in [0.717, 1.165) is 22.2 Å². The molecule has 0 unspecified atom stereocenters. The standard InChI is InChI=1S/C28H30B2N2O/c1-15-9-19(5)25(20(6)10-15)30(26-21(7)11-16(2)12-22(26)8)28-32-31-27(33-28)23-13-17(3)24(29)18(4)14-23/h9-14H,1-8H3. The van der Waals surface area contributed by atoms with Crippen LogP contribution in [0.3, 0.4) is 0 Å². The average molecular weight is 432 g/mol. The molecule has 0 bridgehead atoms. The summed E-state index contributed by atoms with van der Waals surface area (Å²) < 4.78 is 6.41. The molecule has 3 nitrogen and oxygen atoms in total. The topological polar surface area (TPSA) is 38.9 Å². The first-order chi connectivity index (χ1) is 15.6. The maximum Gasteiger partial charge on any atom is 0.316 e. The largest absolute Gasteiger partial charge is 0.430 e. The fraction of sp³-hybridized carbons (Fsp3) is 0.286. The molecule has 4 rings (SSSR count). The van der Waals surface area contributed by atoms with Gasteiger partial charge in [-0.05, 0) is 67.5 Å². The maximum absolute atomic E-state index is 6.41. The van der Waals surface area contributed by atoms with Gasteiger partial charge in [0.2, 0.25) is 5.89 Å². The molecule has 3 aromatic carbocycles. The lowest BCUT2D eigenvalue weighted by molar-refractivity contribution is 0.603. The van der Waals surface area contributed by atoms with Gasteiger partial charge in [-0.15, -0.1) is 10.2 Å². The van der Waals surface area contributed by atoms with Gasteiger partial charge in [0.1, 0.15) is 7.85 Å². The van der Waals surface area contributed by atoms with Gasteiger partial charge in [-0.2, -0.15) is 0 Å². The molecule has 0 N–H and O–H groups in total. The predicted octanol–water partition coefficient (Wildman–Crippen LogP) is 3.51. The Labute approximate surface area is 199 Å². The number of hydrogen-bond donors (Lipinski definition) is 0. The van der Waals surface area contributed by atoms with E-state index in [0.29, 0.717) is 11.7 Å². The van der Waals surface area contributed by atoms with E-state index in [2.05, 4.69) is 76.0 Å². The monoisotopic (exact) mass is 432 g/mol. The highest BCUT2D eigenvalue weighted by atomic mass is 16.4. The van der Waals surface area contributed by atoms with E-state index in [1.165, 1.54) is 44.3 Å². The summed E-state index contributed by atoms with van der Waals surface area (Å²) in [5.41, 5.74) is 13.6. The van der Waals surface area contributed by atoms with Crippen LogP contribution in [0.25, 0.3) is 11.5 Å². The van der Waals surface area contributed by atoms with Gasteiger partial charge in [0.25, 0.3) is 0 Å². The van der Waals surface area contributed by atoms with E-state index in [1.807, 2.05) is 26.0 Å². The summed E-state index contributed by atoms with van der Waals surface area (Å²) in [6.07, 6.45) is 0. The molecule has 0 amide bonds.